The highest BCUT2D eigenvalue weighted by molar-refractivity contribution is 9.10. The summed E-state index contributed by atoms with van der Waals surface area (Å²) in [6, 6.07) is 14.9. The number of methoxy groups -OCH3 is 1. The topological polar surface area (TPSA) is 49.9 Å². The molecule has 0 unspecified atom stereocenters. The number of amides is 2. The van der Waals surface area contributed by atoms with E-state index in [2.05, 4.69) is 15.9 Å². The standard InChI is InChI=1S/C20H21BrN2O3/c1-26-16-8-6-15(7-9-16)14-19(24)22-10-12-23(13-11-22)20(25)17-4-2-3-5-18(17)21/h2-9H,10-14H2,1H3. The zero-order chi connectivity index (χ0) is 18.5. The van der Waals surface area contributed by atoms with E-state index in [9.17, 15) is 9.59 Å². The van der Waals surface area contributed by atoms with Gasteiger partial charge in [-0.3, -0.25) is 9.59 Å². The van der Waals surface area contributed by atoms with Crippen molar-refractivity contribution >= 4 is 27.7 Å². The predicted molar refractivity (Wildman–Crippen MR) is 103 cm³/mol. The van der Waals surface area contributed by atoms with Crippen LogP contribution in [0.1, 0.15) is 15.9 Å². The van der Waals surface area contributed by atoms with Crippen molar-refractivity contribution in [3.8, 4) is 5.75 Å². The molecule has 0 saturated carbocycles. The van der Waals surface area contributed by atoms with Crippen molar-refractivity contribution in [1.29, 1.82) is 0 Å². The molecule has 0 aromatic heterocycles. The highest BCUT2D eigenvalue weighted by Gasteiger charge is 2.25. The van der Waals surface area contributed by atoms with Gasteiger partial charge in [0.05, 0.1) is 19.1 Å². The summed E-state index contributed by atoms with van der Waals surface area (Å²) in [5, 5.41) is 0. The van der Waals surface area contributed by atoms with Crippen LogP contribution in [-0.2, 0) is 11.2 Å². The molecular formula is C20H21BrN2O3. The third kappa shape index (κ3) is 4.25. The number of benzene rings is 2. The summed E-state index contributed by atoms with van der Waals surface area (Å²) < 4.78 is 5.93. The van der Waals surface area contributed by atoms with Crippen molar-refractivity contribution in [1.82, 2.24) is 9.80 Å². The molecule has 1 saturated heterocycles. The van der Waals surface area contributed by atoms with Crippen molar-refractivity contribution < 1.29 is 14.3 Å². The molecular weight excluding hydrogens is 396 g/mol. The number of ether oxygens (including phenoxy) is 1. The molecule has 0 radical (unpaired) electrons. The van der Waals surface area contributed by atoms with E-state index in [0.717, 1.165) is 15.8 Å². The minimum Gasteiger partial charge on any atom is -0.497 e. The maximum atomic E-state index is 12.6. The van der Waals surface area contributed by atoms with Crippen LogP contribution >= 0.6 is 15.9 Å². The third-order valence-corrected chi connectivity index (χ3v) is 5.23. The van der Waals surface area contributed by atoms with E-state index in [0.29, 0.717) is 38.2 Å². The van der Waals surface area contributed by atoms with Crippen molar-refractivity contribution in [3.05, 3.63) is 64.1 Å². The van der Waals surface area contributed by atoms with Gasteiger partial charge >= 0.3 is 0 Å². The Morgan fingerprint density at radius 2 is 1.58 bits per heavy atom. The minimum absolute atomic E-state index is 0.000251. The maximum Gasteiger partial charge on any atom is 0.255 e. The van der Waals surface area contributed by atoms with Crippen LogP contribution in [0.3, 0.4) is 0 Å². The van der Waals surface area contributed by atoms with E-state index in [4.69, 9.17) is 4.74 Å². The van der Waals surface area contributed by atoms with Gasteiger partial charge in [-0.05, 0) is 45.8 Å². The zero-order valence-corrected chi connectivity index (χ0v) is 16.2. The molecule has 1 aliphatic rings. The number of carbonyl (C=O) groups excluding carboxylic acids is 2. The van der Waals surface area contributed by atoms with Crippen LogP contribution in [0.4, 0.5) is 0 Å². The second kappa shape index (κ2) is 8.36. The molecule has 1 fully saturated rings. The number of hydrogen-bond acceptors (Lipinski definition) is 3. The van der Waals surface area contributed by atoms with Gasteiger partial charge in [0, 0.05) is 30.7 Å². The number of hydrogen-bond donors (Lipinski definition) is 0. The number of carbonyl (C=O) groups is 2. The predicted octanol–water partition coefficient (Wildman–Crippen LogP) is 2.98. The first-order chi connectivity index (χ1) is 12.6. The molecule has 1 aliphatic heterocycles. The van der Waals surface area contributed by atoms with Gasteiger partial charge in [0.25, 0.3) is 5.91 Å². The molecule has 0 aliphatic carbocycles. The van der Waals surface area contributed by atoms with Crippen molar-refractivity contribution in [2.45, 2.75) is 6.42 Å². The fourth-order valence-corrected chi connectivity index (χ4v) is 3.45. The van der Waals surface area contributed by atoms with Crippen LogP contribution in [-0.4, -0.2) is 54.9 Å². The van der Waals surface area contributed by atoms with Crippen LogP contribution in [0, 0.1) is 0 Å². The Labute approximate surface area is 161 Å². The molecule has 3 rings (SSSR count). The van der Waals surface area contributed by atoms with Gasteiger partial charge in [-0.2, -0.15) is 0 Å². The normalized spacial score (nSPS) is 14.2. The lowest BCUT2D eigenvalue weighted by Crippen LogP contribution is -2.51. The number of rotatable bonds is 4. The van der Waals surface area contributed by atoms with Gasteiger partial charge in [0.15, 0.2) is 0 Å². The molecule has 0 N–H and O–H groups in total. The van der Waals surface area contributed by atoms with E-state index in [1.807, 2.05) is 53.4 Å². The summed E-state index contributed by atoms with van der Waals surface area (Å²) >= 11 is 3.42. The van der Waals surface area contributed by atoms with Crippen molar-refractivity contribution in [2.24, 2.45) is 0 Å². The van der Waals surface area contributed by atoms with Crippen LogP contribution in [0.5, 0.6) is 5.75 Å². The largest absolute Gasteiger partial charge is 0.497 e. The minimum atomic E-state index is -0.000251. The fraction of sp³-hybridized carbons (Fsp3) is 0.300. The average molecular weight is 417 g/mol. The van der Waals surface area contributed by atoms with Gasteiger partial charge in [0.1, 0.15) is 5.75 Å². The zero-order valence-electron chi connectivity index (χ0n) is 14.7. The SMILES string of the molecule is COc1ccc(CC(=O)N2CCN(C(=O)c3ccccc3Br)CC2)cc1. The fourth-order valence-electron chi connectivity index (χ4n) is 2.99. The highest BCUT2D eigenvalue weighted by atomic mass is 79.9. The van der Waals surface area contributed by atoms with E-state index in [1.165, 1.54) is 0 Å². The quantitative estimate of drug-likeness (QED) is 0.769. The van der Waals surface area contributed by atoms with Crippen LogP contribution in [0.15, 0.2) is 53.0 Å². The molecule has 0 spiro atoms. The van der Waals surface area contributed by atoms with Crippen molar-refractivity contribution in [3.63, 3.8) is 0 Å². The molecule has 2 aromatic carbocycles. The van der Waals surface area contributed by atoms with Gasteiger partial charge in [-0.25, -0.2) is 0 Å². The first-order valence-electron chi connectivity index (χ1n) is 8.53. The Balaban J connectivity index is 1.55. The Morgan fingerprint density at radius 3 is 2.19 bits per heavy atom. The van der Waals surface area contributed by atoms with E-state index >= 15 is 0 Å². The van der Waals surface area contributed by atoms with E-state index in [-0.39, 0.29) is 11.8 Å². The molecule has 0 atom stereocenters. The lowest BCUT2D eigenvalue weighted by atomic mass is 10.1. The van der Waals surface area contributed by atoms with Crippen molar-refractivity contribution in [2.75, 3.05) is 33.3 Å². The lowest BCUT2D eigenvalue weighted by molar-refractivity contribution is -0.131. The van der Waals surface area contributed by atoms with Gasteiger partial charge < -0.3 is 14.5 Å². The highest BCUT2D eigenvalue weighted by Crippen LogP contribution is 2.19. The van der Waals surface area contributed by atoms with E-state index in [1.54, 1.807) is 12.0 Å². The summed E-state index contributed by atoms with van der Waals surface area (Å²) in [6.07, 6.45) is 0.363. The molecule has 0 bridgehead atoms. The molecule has 2 amide bonds. The summed E-state index contributed by atoms with van der Waals surface area (Å²) in [5.41, 5.74) is 1.62. The third-order valence-electron chi connectivity index (χ3n) is 4.54. The Kier molecular flexibility index (Phi) is 5.93. The Hall–Kier alpha value is -2.34. The first kappa shape index (κ1) is 18.5. The number of halogens is 1. The van der Waals surface area contributed by atoms with Gasteiger partial charge in [-0.1, -0.05) is 24.3 Å². The summed E-state index contributed by atoms with van der Waals surface area (Å²) in [7, 11) is 1.62. The van der Waals surface area contributed by atoms with Crippen LogP contribution in [0.25, 0.3) is 0 Å². The molecule has 1 heterocycles. The summed E-state index contributed by atoms with van der Waals surface area (Å²) in [6.45, 7) is 2.22. The Morgan fingerprint density at radius 1 is 0.962 bits per heavy atom. The number of piperazine rings is 1. The molecule has 26 heavy (non-hydrogen) atoms. The second-order valence-electron chi connectivity index (χ2n) is 6.18. The summed E-state index contributed by atoms with van der Waals surface area (Å²) in [4.78, 5) is 28.8. The Bertz CT molecular complexity index is 784. The second-order valence-corrected chi connectivity index (χ2v) is 7.03. The maximum absolute atomic E-state index is 12.6. The molecule has 2 aromatic rings. The average Bonchev–Trinajstić information content (AvgIpc) is 2.68. The molecule has 6 heteroatoms. The molecule has 136 valence electrons. The molecule has 5 nitrogen and oxygen atoms in total. The number of nitrogens with zero attached hydrogens (tertiary/aromatic N) is 2. The lowest BCUT2D eigenvalue weighted by Gasteiger charge is -2.35. The van der Waals surface area contributed by atoms with Gasteiger partial charge in [0.2, 0.25) is 5.91 Å². The van der Waals surface area contributed by atoms with Gasteiger partial charge in [-0.15, -0.1) is 0 Å². The summed E-state index contributed by atoms with van der Waals surface area (Å²) in [5.74, 6) is 0.864. The monoisotopic (exact) mass is 416 g/mol. The first-order valence-corrected chi connectivity index (χ1v) is 9.32. The smallest absolute Gasteiger partial charge is 0.255 e. The van der Waals surface area contributed by atoms with E-state index < -0.39 is 0 Å². The van der Waals surface area contributed by atoms with Crippen LogP contribution < -0.4 is 4.74 Å². The van der Waals surface area contributed by atoms with Crippen LogP contribution in [0.2, 0.25) is 0 Å².